The fourth-order valence-electron chi connectivity index (χ4n) is 2.45. The van der Waals surface area contributed by atoms with Crippen molar-refractivity contribution in [2.24, 2.45) is 0 Å². The zero-order valence-corrected chi connectivity index (χ0v) is 14.9. The number of nitrogens with zero attached hydrogens (tertiary/aromatic N) is 1. The molecule has 0 aliphatic heterocycles. The number of esters is 1. The SMILES string of the molecule is COc1ccccc1C#Cc1ccccc1C(=O)Oc1ccc([N+](=O)[O-])cc1. The molecule has 0 spiro atoms. The molecular weight excluding hydrogens is 358 g/mol. The van der Waals surface area contributed by atoms with Crippen LogP contribution in [0.4, 0.5) is 5.69 Å². The van der Waals surface area contributed by atoms with Gasteiger partial charge < -0.3 is 9.47 Å². The van der Waals surface area contributed by atoms with Gasteiger partial charge in [0.15, 0.2) is 0 Å². The lowest BCUT2D eigenvalue weighted by molar-refractivity contribution is -0.384. The summed E-state index contributed by atoms with van der Waals surface area (Å²) in [4.78, 5) is 22.7. The Morgan fingerprint density at radius 3 is 2.18 bits per heavy atom. The van der Waals surface area contributed by atoms with Gasteiger partial charge in [0.25, 0.3) is 5.69 Å². The van der Waals surface area contributed by atoms with Crippen molar-refractivity contribution in [3.05, 3.63) is 99.6 Å². The standard InChI is InChI=1S/C22H15NO5/c1-27-21-9-5-3-7-17(21)11-10-16-6-2-4-8-20(16)22(24)28-19-14-12-18(13-15-19)23(25)26/h2-9,12-15H,1H3. The second kappa shape index (κ2) is 8.52. The molecule has 3 rings (SSSR count). The summed E-state index contributed by atoms with van der Waals surface area (Å²) in [5.41, 5.74) is 1.41. The third-order valence-corrected chi connectivity index (χ3v) is 3.84. The van der Waals surface area contributed by atoms with Gasteiger partial charge in [-0.25, -0.2) is 4.79 Å². The number of para-hydroxylation sites is 1. The van der Waals surface area contributed by atoms with Gasteiger partial charge in [0.2, 0.25) is 0 Å². The summed E-state index contributed by atoms with van der Waals surface area (Å²) in [6, 6.07) is 19.4. The summed E-state index contributed by atoms with van der Waals surface area (Å²) in [5, 5.41) is 10.7. The van der Waals surface area contributed by atoms with Crippen molar-refractivity contribution in [2.75, 3.05) is 7.11 Å². The smallest absolute Gasteiger partial charge is 0.344 e. The largest absolute Gasteiger partial charge is 0.495 e. The van der Waals surface area contributed by atoms with E-state index in [1.165, 1.54) is 24.3 Å². The van der Waals surface area contributed by atoms with Gasteiger partial charge in [-0.15, -0.1) is 0 Å². The van der Waals surface area contributed by atoms with Gasteiger partial charge in [0.1, 0.15) is 11.5 Å². The van der Waals surface area contributed by atoms with Crippen molar-refractivity contribution in [3.8, 4) is 23.3 Å². The predicted molar refractivity (Wildman–Crippen MR) is 103 cm³/mol. The van der Waals surface area contributed by atoms with E-state index in [1.54, 1.807) is 37.4 Å². The Morgan fingerprint density at radius 2 is 1.50 bits per heavy atom. The van der Waals surface area contributed by atoms with E-state index in [9.17, 15) is 14.9 Å². The molecule has 138 valence electrons. The van der Waals surface area contributed by atoms with E-state index < -0.39 is 10.9 Å². The van der Waals surface area contributed by atoms with Crippen LogP contribution in [0, 0.1) is 22.0 Å². The van der Waals surface area contributed by atoms with Crippen molar-refractivity contribution in [3.63, 3.8) is 0 Å². The molecule has 0 radical (unpaired) electrons. The van der Waals surface area contributed by atoms with Gasteiger partial charge in [0.05, 0.1) is 23.2 Å². The Bertz CT molecular complexity index is 1080. The summed E-state index contributed by atoms with van der Waals surface area (Å²) >= 11 is 0. The third kappa shape index (κ3) is 4.34. The van der Waals surface area contributed by atoms with Crippen LogP contribution in [0.15, 0.2) is 72.8 Å². The van der Waals surface area contributed by atoms with Gasteiger partial charge >= 0.3 is 5.97 Å². The highest BCUT2D eigenvalue weighted by Crippen LogP contribution is 2.20. The minimum atomic E-state index is -0.598. The Kier molecular flexibility index (Phi) is 5.68. The van der Waals surface area contributed by atoms with Gasteiger partial charge in [-0.05, 0) is 36.4 Å². The summed E-state index contributed by atoms with van der Waals surface area (Å²) in [6.45, 7) is 0. The molecule has 3 aromatic carbocycles. The van der Waals surface area contributed by atoms with Crippen LogP contribution >= 0.6 is 0 Å². The maximum absolute atomic E-state index is 12.5. The number of carbonyl (C=O) groups excluding carboxylic acids is 1. The summed E-state index contributed by atoms with van der Waals surface area (Å²) in [7, 11) is 1.57. The van der Waals surface area contributed by atoms with E-state index in [-0.39, 0.29) is 11.4 Å². The van der Waals surface area contributed by atoms with Gasteiger partial charge in [-0.2, -0.15) is 0 Å². The summed E-state index contributed by atoms with van der Waals surface area (Å²) in [6.07, 6.45) is 0. The first-order valence-electron chi connectivity index (χ1n) is 8.29. The van der Waals surface area contributed by atoms with E-state index in [0.29, 0.717) is 22.4 Å². The molecule has 0 N–H and O–H groups in total. The van der Waals surface area contributed by atoms with Crippen LogP contribution in [-0.4, -0.2) is 18.0 Å². The number of hydrogen-bond donors (Lipinski definition) is 0. The zero-order chi connectivity index (χ0) is 19.9. The molecule has 0 bridgehead atoms. The average molecular weight is 373 g/mol. The number of benzene rings is 3. The lowest BCUT2D eigenvalue weighted by Gasteiger charge is -2.06. The van der Waals surface area contributed by atoms with Crippen molar-refractivity contribution in [1.82, 2.24) is 0 Å². The van der Waals surface area contributed by atoms with E-state index in [4.69, 9.17) is 9.47 Å². The predicted octanol–water partition coefficient (Wildman–Crippen LogP) is 4.22. The Labute approximate surface area is 161 Å². The van der Waals surface area contributed by atoms with Crippen LogP contribution in [0.2, 0.25) is 0 Å². The maximum Gasteiger partial charge on any atom is 0.344 e. The Balaban J connectivity index is 1.85. The summed E-state index contributed by atoms with van der Waals surface area (Å²) in [5.74, 6) is 6.23. The zero-order valence-electron chi connectivity index (χ0n) is 14.9. The molecule has 0 heterocycles. The van der Waals surface area contributed by atoms with Crippen LogP contribution < -0.4 is 9.47 Å². The maximum atomic E-state index is 12.5. The number of nitro groups is 1. The normalized spacial score (nSPS) is 9.75. The van der Waals surface area contributed by atoms with Crippen molar-refractivity contribution in [1.29, 1.82) is 0 Å². The number of methoxy groups -OCH3 is 1. The van der Waals surface area contributed by atoms with E-state index in [1.807, 2.05) is 18.2 Å². The molecule has 0 fully saturated rings. The highest BCUT2D eigenvalue weighted by atomic mass is 16.6. The lowest BCUT2D eigenvalue weighted by Crippen LogP contribution is -2.10. The molecule has 0 unspecified atom stereocenters. The number of rotatable bonds is 4. The first kappa shape index (κ1) is 18.7. The van der Waals surface area contributed by atoms with Crippen LogP contribution in [0.3, 0.4) is 0 Å². The average Bonchev–Trinajstić information content (AvgIpc) is 2.73. The third-order valence-electron chi connectivity index (χ3n) is 3.84. The van der Waals surface area contributed by atoms with Gasteiger partial charge in [0, 0.05) is 17.7 Å². The highest BCUT2D eigenvalue weighted by molar-refractivity contribution is 5.93. The van der Waals surface area contributed by atoms with Crippen LogP contribution in [0.5, 0.6) is 11.5 Å². The van der Waals surface area contributed by atoms with Crippen molar-refractivity contribution in [2.45, 2.75) is 0 Å². The molecular formula is C22H15NO5. The van der Waals surface area contributed by atoms with Crippen LogP contribution in [-0.2, 0) is 0 Å². The molecule has 0 aliphatic carbocycles. The molecule has 0 amide bonds. The number of nitro benzene ring substituents is 1. The fraction of sp³-hybridized carbons (Fsp3) is 0.0455. The number of hydrogen-bond acceptors (Lipinski definition) is 5. The molecule has 0 saturated heterocycles. The van der Waals surface area contributed by atoms with Crippen molar-refractivity contribution >= 4 is 11.7 Å². The molecule has 0 saturated carbocycles. The Morgan fingerprint density at radius 1 is 0.893 bits per heavy atom. The number of non-ortho nitro benzene ring substituents is 1. The quantitative estimate of drug-likeness (QED) is 0.225. The topological polar surface area (TPSA) is 78.7 Å². The van der Waals surface area contributed by atoms with Crippen LogP contribution in [0.1, 0.15) is 21.5 Å². The number of ether oxygens (including phenoxy) is 2. The fourth-order valence-corrected chi connectivity index (χ4v) is 2.45. The first-order valence-corrected chi connectivity index (χ1v) is 8.29. The minimum Gasteiger partial charge on any atom is -0.495 e. The molecule has 6 heteroatoms. The highest BCUT2D eigenvalue weighted by Gasteiger charge is 2.13. The second-order valence-corrected chi connectivity index (χ2v) is 5.64. The number of carbonyl (C=O) groups is 1. The summed E-state index contributed by atoms with van der Waals surface area (Å²) < 4.78 is 10.6. The molecule has 0 atom stereocenters. The molecule has 0 aromatic heterocycles. The molecule has 28 heavy (non-hydrogen) atoms. The van der Waals surface area contributed by atoms with Crippen LogP contribution in [0.25, 0.3) is 0 Å². The molecule has 3 aromatic rings. The van der Waals surface area contributed by atoms with Gasteiger partial charge in [-0.1, -0.05) is 36.1 Å². The Hall–Kier alpha value is -4.11. The monoisotopic (exact) mass is 373 g/mol. The van der Waals surface area contributed by atoms with Gasteiger partial charge in [-0.3, -0.25) is 10.1 Å². The van der Waals surface area contributed by atoms with E-state index in [2.05, 4.69) is 11.8 Å². The van der Waals surface area contributed by atoms with E-state index in [0.717, 1.165) is 0 Å². The minimum absolute atomic E-state index is 0.0807. The molecule has 6 nitrogen and oxygen atoms in total. The molecule has 0 aliphatic rings. The second-order valence-electron chi connectivity index (χ2n) is 5.64. The first-order chi connectivity index (χ1) is 13.6. The van der Waals surface area contributed by atoms with E-state index >= 15 is 0 Å². The lowest BCUT2D eigenvalue weighted by atomic mass is 10.1. The van der Waals surface area contributed by atoms with Crippen molar-refractivity contribution < 1.29 is 19.2 Å².